The maximum absolute atomic E-state index is 11.4. The summed E-state index contributed by atoms with van der Waals surface area (Å²) in [5.74, 6) is 0. The molecule has 0 aromatic carbocycles. The average molecular weight is 244 g/mol. The Morgan fingerprint density at radius 2 is 2.12 bits per heavy atom. The number of hydrogen-bond donors (Lipinski definition) is 2. The molecule has 3 N–H and O–H groups in total. The van der Waals surface area contributed by atoms with Crippen LogP contribution in [0.1, 0.15) is 38.7 Å². The van der Waals surface area contributed by atoms with Gasteiger partial charge in [-0.15, -0.1) is 10.2 Å². The van der Waals surface area contributed by atoms with Crippen molar-refractivity contribution in [2.24, 2.45) is 0 Å². The van der Waals surface area contributed by atoms with Crippen LogP contribution in [0, 0.1) is 0 Å². The van der Waals surface area contributed by atoms with Crippen molar-refractivity contribution in [1.82, 2.24) is 15.5 Å². The number of nitrogens with one attached hydrogen (secondary N) is 1. The molecule has 0 aliphatic heterocycles. The van der Waals surface area contributed by atoms with Crippen LogP contribution in [-0.2, 0) is 4.74 Å². The summed E-state index contributed by atoms with van der Waals surface area (Å²) >= 11 is 1.24. The van der Waals surface area contributed by atoms with E-state index in [0.29, 0.717) is 10.1 Å². The fourth-order valence-corrected chi connectivity index (χ4v) is 1.58. The summed E-state index contributed by atoms with van der Waals surface area (Å²) in [6.45, 7) is 7.21. The van der Waals surface area contributed by atoms with Crippen molar-refractivity contribution in [3.8, 4) is 0 Å². The minimum Gasteiger partial charge on any atom is -0.444 e. The lowest BCUT2D eigenvalue weighted by Crippen LogP contribution is -2.34. The van der Waals surface area contributed by atoms with Gasteiger partial charge in [-0.3, -0.25) is 0 Å². The third-order valence-corrected chi connectivity index (χ3v) is 2.50. The first-order chi connectivity index (χ1) is 7.28. The minimum absolute atomic E-state index is 0.260. The van der Waals surface area contributed by atoms with Gasteiger partial charge in [-0.2, -0.15) is 0 Å². The van der Waals surface area contributed by atoms with E-state index in [2.05, 4.69) is 15.5 Å². The first-order valence-corrected chi connectivity index (χ1v) is 5.68. The van der Waals surface area contributed by atoms with Crippen molar-refractivity contribution in [1.29, 1.82) is 0 Å². The number of amides is 1. The Balaban J connectivity index is 2.52. The number of anilines is 1. The molecular weight excluding hydrogens is 228 g/mol. The Hall–Kier alpha value is -1.37. The lowest BCUT2D eigenvalue weighted by atomic mass is 10.2. The van der Waals surface area contributed by atoms with Gasteiger partial charge in [0, 0.05) is 0 Å². The predicted octanol–water partition coefficient (Wildman–Crippen LogP) is 1.71. The zero-order valence-corrected chi connectivity index (χ0v) is 10.6. The van der Waals surface area contributed by atoms with E-state index in [1.165, 1.54) is 11.3 Å². The lowest BCUT2D eigenvalue weighted by molar-refractivity contribution is 0.0508. The summed E-state index contributed by atoms with van der Waals surface area (Å²) < 4.78 is 5.11. The molecule has 0 aliphatic rings. The number of hydrogen-bond acceptors (Lipinski definition) is 6. The Morgan fingerprint density at radius 1 is 1.50 bits per heavy atom. The minimum atomic E-state index is -0.510. The van der Waals surface area contributed by atoms with Gasteiger partial charge in [0.25, 0.3) is 0 Å². The Kier molecular flexibility index (Phi) is 3.69. The predicted molar refractivity (Wildman–Crippen MR) is 62.1 cm³/mol. The standard InChI is InChI=1S/C9H16N4O2S/c1-5(6-12-13-7(10)16-6)11-8(14)15-9(2,3)4/h5H,1-4H3,(H2,10,13)(H,11,14). The highest BCUT2D eigenvalue weighted by molar-refractivity contribution is 7.15. The largest absolute Gasteiger partial charge is 0.444 e. The number of aromatic nitrogens is 2. The fraction of sp³-hybridized carbons (Fsp3) is 0.667. The molecule has 0 spiro atoms. The summed E-state index contributed by atoms with van der Waals surface area (Å²) in [6, 6.07) is -0.260. The van der Waals surface area contributed by atoms with E-state index >= 15 is 0 Å². The molecule has 1 atom stereocenters. The second-order valence-corrected chi connectivity index (χ2v) is 5.39. The maximum atomic E-state index is 11.4. The molecule has 0 saturated heterocycles. The zero-order chi connectivity index (χ0) is 12.3. The van der Waals surface area contributed by atoms with Crippen LogP contribution in [0.15, 0.2) is 0 Å². The molecule has 16 heavy (non-hydrogen) atoms. The molecule has 1 heterocycles. The highest BCUT2D eigenvalue weighted by Crippen LogP contribution is 2.19. The Labute approximate surface area is 98.2 Å². The molecule has 1 rings (SSSR count). The van der Waals surface area contributed by atoms with Crippen molar-refractivity contribution >= 4 is 22.6 Å². The van der Waals surface area contributed by atoms with Crippen LogP contribution in [0.5, 0.6) is 0 Å². The van der Waals surface area contributed by atoms with Crippen molar-refractivity contribution in [3.63, 3.8) is 0 Å². The zero-order valence-electron chi connectivity index (χ0n) is 9.77. The maximum Gasteiger partial charge on any atom is 0.408 e. The number of ether oxygens (including phenoxy) is 1. The monoisotopic (exact) mass is 244 g/mol. The van der Waals surface area contributed by atoms with Gasteiger partial charge in [-0.05, 0) is 27.7 Å². The summed E-state index contributed by atoms with van der Waals surface area (Å²) in [6.07, 6.45) is -0.478. The summed E-state index contributed by atoms with van der Waals surface area (Å²) in [4.78, 5) is 11.4. The highest BCUT2D eigenvalue weighted by atomic mass is 32.1. The van der Waals surface area contributed by atoms with Crippen LogP contribution >= 0.6 is 11.3 Å². The molecule has 0 radical (unpaired) electrons. The molecule has 0 fully saturated rings. The second-order valence-electron chi connectivity index (χ2n) is 4.35. The van der Waals surface area contributed by atoms with Crippen molar-refractivity contribution in [2.75, 3.05) is 5.73 Å². The van der Waals surface area contributed by atoms with Crippen molar-refractivity contribution in [2.45, 2.75) is 39.3 Å². The van der Waals surface area contributed by atoms with E-state index in [1.807, 2.05) is 0 Å². The summed E-state index contributed by atoms with van der Waals surface area (Å²) in [7, 11) is 0. The summed E-state index contributed by atoms with van der Waals surface area (Å²) in [5, 5.41) is 11.2. The van der Waals surface area contributed by atoms with E-state index in [4.69, 9.17) is 10.5 Å². The van der Waals surface area contributed by atoms with Crippen molar-refractivity contribution in [3.05, 3.63) is 5.01 Å². The highest BCUT2D eigenvalue weighted by Gasteiger charge is 2.19. The number of carbonyl (C=O) groups excluding carboxylic acids is 1. The van der Waals surface area contributed by atoms with Crippen LogP contribution in [0.3, 0.4) is 0 Å². The third-order valence-electron chi connectivity index (χ3n) is 1.56. The van der Waals surface area contributed by atoms with E-state index in [0.717, 1.165) is 0 Å². The second kappa shape index (κ2) is 4.65. The van der Waals surface area contributed by atoms with Gasteiger partial charge in [-0.25, -0.2) is 4.79 Å². The lowest BCUT2D eigenvalue weighted by Gasteiger charge is -2.21. The van der Waals surface area contributed by atoms with Gasteiger partial charge < -0.3 is 15.8 Å². The number of rotatable bonds is 2. The average Bonchev–Trinajstić information content (AvgIpc) is 2.47. The van der Waals surface area contributed by atoms with Crippen molar-refractivity contribution < 1.29 is 9.53 Å². The Morgan fingerprint density at radius 3 is 2.56 bits per heavy atom. The SMILES string of the molecule is CC(NC(=O)OC(C)(C)C)c1nnc(N)s1. The first-order valence-electron chi connectivity index (χ1n) is 4.86. The van der Waals surface area contributed by atoms with Gasteiger partial charge in [0.15, 0.2) is 0 Å². The van der Waals surface area contributed by atoms with Gasteiger partial charge in [-0.1, -0.05) is 11.3 Å². The van der Waals surface area contributed by atoms with E-state index < -0.39 is 11.7 Å². The van der Waals surface area contributed by atoms with Crippen LogP contribution in [0.4, 0.5) is 9.93 Å². The number of nitrogens with two attached hydrogens (primary N) is 1. The normalized spacial score (nSPS) is 13.2. The van der Waals surface area contributed by atoms with Gasteiger partial charge >= 0.3 is 6.09 Å². The topological polar surface area (TPSA) is 90.1 Å². The molecule has 0 bridgehead atoms. The van der Waals surface area contributed by atoms with Crippen LogP contribution in [-0.4, -0.2) is 21.9 Å². The smallest absolute Gasteiger partial charge is 0.408 e. The molecule has 1 amide bonds. The molecule has 0 aliphatic carbocycles. The number of alkyl carbamates (subject to hydrolysis) is 1. The van der Waals surface area contributed by atoms with Gasteiger partial charge in [0.2, 0.25) is 5.13 Å². The Bertz CT molecular complexity index is 372. The van der Waals surface area contributed by atoms with Gasteiger partial charge in [0.05, 0.1) is 6.04 Å². The van der Waals surface area contributed by atoms with Crippen LogP contribution in [0.2, 0.25) is 0 Å². The molecule has 1 aromatic heterocycles. The molecule has 6 nitrogen and oxygen atoms in total. The molecule has 0 saturated carbocycles. The quantitative estimate of drug-likeness (QED) is 0.826. The molecule has 1 unspecified atom stereocenters. The van der Waals surface area contributed by atoms with Gasteiger partial charge in [0.1, 0.15) is 10.6 Å². The molecule has 7 heteroatoms. The third kappa shape index (κ3) is 4.01. The molecular formula is C9H16N4O2S. The number of carbonyl (C=O) groups is 1. The van der Waals surface area contributed by atoms with E-state index in [1.54, 1.807) is 27.7 Å². The van der Waals surface area contributed by atoms with Crippen LogP contribution in [0.25, 0.3) is 0 Å². The number of nitrogens with zero attached hydrogens (tertiary/aromatic N) is 2. The fourth-order valence-electron chi connectivity index (χ4n) is 0.968. The van der Waals surface area contributed by atoms with E-state index in [-0.39, 0.29) is 6.04 Å². The summed E-state index contributed by atoms with van der Waals surface area (Å²) in [5.41, 5.74) is 4.94. The van der Waals surface area contributed by atoms with E-state index in [9.17, 15) is 4.79 Å². The molecule has 90 valence electrons. The molecule has 1 aromatic rings. The van der Waals surface area contributed by atoms with Crippen LogP contribution < -0.4 is 11.1 Å². The number of nitrogen functional groups attached to an aromatic ring is 1. The first kappa shape index (κ1) is 12.7.